The Hall–Kier alpha value is -0.760. The van der Waals surface area contributed by atoms with Crippen LogP contribution in [0.5, 0.6) is 0 Å². The number of aliphatic hydroxyl groups excluding tert-OH is 1. The molecule has 0 rings (SSSR count). The van der Waals surface area contributed by atoms with Crippen molar-refractivity contribution in [1.82, 2.24) is 5.32 Å². The van der Waals surface area contributed by atoms with Crippen molar-refractivity contribution < 1.29 is 32.9 Å². The number of hydrogen-bond donors (Lipinski definition) is 2. The highest BCUT2D eigenvalue weighted by atomic mass is 31.2. The summed E-state index contributed by atoms with van der Waals surface area (Å²) >= 11 is 0. The average Bonchev–Trinajstić information content (AvgIpc) is 3.28. The van der Waals surface area contributed by atoms with Crippen LogP contribution in [0.25, 0.3) is 0 Å². The second-order valence-corrected chi connectivity index (χ2v) is 22.8. The molecule has 0 heterocycles. The van der Waals surface area contributed by atoms with Gasteiger partial charge in [0.15, 0.2) is 0 Å². The van der Waals surface area contributed by atoms with Gasteiger partial charge in [0.25, 0.3) is 7.82 Å². The maximum atomic E-state index is 13.0. The first-order chi connectivity index (χ1) is 32.0. The van der Waals surface area contributed by atoms with Gasteiger partial charge in [-0.05, 0) is 38.5 Å². The summed E-state index contributed by atoms with van der Waals surface area (Å²) in [5.41, 5.74) is 0. The van der Waals surface area contributed by atoms with Crippen LogP contribution in [-0.2, 0) is 18.4 Å². The molecule has 0 bridgehead atoms. The number of carbonyl (C=O) groups is 1. The van der Waals surface area contributed by atoms with Crippen LogP contribution in [0.3, 0.4) is 0 Å². The minimum absolute atomic E-state index is 0.0150. The van der Waals surface area contributed by atoms with Gasteiger partial charge in [0.1, 0.15) is 13.2 Å². The van der Waals surface area contributed by atoms with E-state index in [1.165, 1.54) is 231 Å². The van der Waals surface area contributed by atoms with Gasteiger partial charge in [-0.25, -0.2) is 0 Å². The number of amides is 1. The maximum absolute atomic E-state index is 13.0. The van der Waals surface area contributed by atoms with Crippen molar-refractivity contribution in [2.45, 2.75) is 309 Å². The van der Waals surface area contributed by atoms with Gasteiger partial charge in [-0.3, -0.25) is 9.36 Å². The fourth-order valence-corrected chi connectivity index (χ4v) is 9.64. The third-order valence-electron chi connectivity index (χ3n) is 13.5. The van der Waals surface area contributed by atoms with Crippen LogP contribution in [0.1, 0.15) is 296 Å². The van der Waals surface area contributed by atoms with Crippen molar-refractivity contribution in [2.24, 2.45) is 0 Å². The van der Waals surface area contributed by atoms with Gasteiger partial charge in [-0.1, -0.05) is 264 Å². The van der Waals surface area contributed by atoms with Crippen molar-refractivity contribution in [3.05, 3.63) is 12.2 Å². The molecule has 0 aromatic rings. The third-order valence-corrected chi connectivity index (χ3v) is 14.5. The second-order valence-electron chi connectivity index (χ2n) is 21.4. The van der Waals surface area contributed by atoms with Crippen LogP contribution in [0.2, 0.25) is 0 Å². The third kappa shape index (κ3) is 51.1. The van der Waals surface area contributed by atoms with E-state index in [4.69, 9.17) is 9.05 Å². The quantitative estimate of drug-likeness (QED) is 0.0272. The zero-order valence-electron chi connectivity index (χ0n) is 44.9. The Morgan fingerprint density at radius 1 is 0.515 bits per heavy atom. The Labute approximate surface area is 412 Å². The van der Waals surface area contributed by atoms with E-state index in [0.29, 0.717) is 23.9 Å². The predicted octanol–water partition coefficient (Wildman–Crippen LogP) is 16.8. The number of allylic oxidation sites excluding steroid dienone is 2. The molecule has 0 aromatic carbocycles. The molecule has 0 aliphatic rings. The normalized spacial score (nSPS) is 14.0. The summed E-state index contributed by atoms with van der Waals surface area (Å²) in [5, 5.41) is 14.0. The largest absolute Gasteiger partial charge is 0.756 e. The molecule has 2 N–H and O–H groups in total. The van der Waals surface area contributed by atoms with Crippen molar-refractivity contribution in [1.29, 1.82) is 0 Å². The van der Waals surface area contributed by atoms with Gasteiger partial charge in [-0.2, -0.15) is 0 Å². The van der Waals surface area contributed by atoms with Crippen LogP contribution in [0.15, 0.2) is 12.2 Å². The SMILES string of the molecule is CCCCCCCCCCCCCC/C=C\CCCCCCCCCCCCCCCCCC(=O)NC(COP(=O)([O-])OCC[N+](C)(C)C)C(O)CCCCCCCCCCCCCCC. The molecule has 3 atom stereocenters. The Kier molecular flexibility index (Phi) is 48.7. The molecule has 3 unspecified atom stereocenters. The summed E-state index contributed by atoms with van der Waals surface area (Å²) in [6.45, 7) is 4.75. The van der Waals surface area contributed by atoms with Crippen molar-refractivity contribution in [2.75, 3.05) is 40.9 Å². The Morgan fingerprint density at radius 2 is 0.833 bits per heavy atom. The monoisotopic (exact) mass is 955 g/mol. The van der Waals surface area contributed by atoms with E-state index >= 15 is 0 Å². The Morgan fingerprint density at radius 3 is 1.18 bits per heavy atom. The Balaban J connectivity index is 3.98. The molecular formula is C57H115N2O6P. The maximum Gasteiger partial charge on any atom is 0.268 e. The molecule has 0 saturated carbocycles. The number of rotatable bonds is 54. The minimum Gasteiger partial charge on any atom is -0.756 e. The smallest absolute Gasteiger partial charge is 0.268 e. The molecule has 0 radical (unpaired) electrons. The van der Waals surface area contributed by atoms with Crippen molar-refractivity contribution >= 4 is 13.7 Å². The summed E-state index contributed by atoms with van der Waals surface area (Å²) < 4.78 is 23.4. The standard InChI is InChI=1S/C57H115N2O6P/c1-6-8-10-12-14-16-18-20-21-22-23-24-25-26-27-28-29-30-31-32-33-34-35-36-37-39-41-43-45-47-49-51-57(61)58-55(54-65-66(62,63)64-53-52-59(3,4)5)56(60)50-48-46-44-42-40-38-19-17-15-13-11-9-7-2/h26-27,55-56,60H,6-25,28-54H2,1-5H3,(H-,58,61,62,63)/b27-26-. The lowest BCUT2D eigenvalue weighted by Crippen LogP contribution is -2.46. The van der Waals surface area contributed by atoms with E-state index < -0.39 is 20.0 Å². The summed E-state index contributed by atoms with van der Waals surface area (Å²) in [6, 6.07) is -0.796. The molecule has 0 aromatic heterocycles. The molecular weight excluding hydrogens is 840 g/mol. The molecule has 0 fully saturated rings. The highest BCUT2D eigenvalue weighted by molar-refractivity contribution is 7.45. The van der Waals surface area contributed by atoms with Crippen LogP contribution in [-0.4, -0.2) is 68.5 Å². The number of unbranched alkanes of at least 4 members (excludes halogenated alkanes) is 39. The van der Waals surface area contributed by atoms with E-state index in [-0.39, 0.29) is 19.1 Å². The lowest BCUT2D eigenvalue weighted by molar-refractivity contribution is -0.870. The number of phosphoric ester groups is 1. The lowest BCUT2D eigenvalue weighted by atomic mass is 10.0. The first-order valence-corrected chi connectivity index (χ1v) is 30.5. The summed E-state index contributed by atoms with van der Waals surface area (Å²) in [5.74, 6) is -0.160. The first kappa shape index (κ1) is 65.2. The molecule has 66 heavy (non-hydrogen) atoms. The fourth-order valence-electron chi connectivity index (χ4n) is 8.92. The van der Waals surface area contributed by atoms with E-state index in [0.717, 1.165) is 38.5 Å². The molecule has 0 saturated heterocycles. The van der Waals surface area contributed by atoms with Gasteiger partial charge >= 0.3 is 0 Å². The van der Waals surface area contributed by atoms with E-state index in [1.54, 1.807) is 0 Å². The number of nitrogens with one attached hydrogen (secondary N) is 1. The van der Waals surface area contributed by atoms with Gasteiger partial charge in [-0.15, -0.1) is 0 Å². The van der Waals surface area contributed by atoms with Crippen LogP contribution in [0, 0.1) is 0 Å². The summed E-state index contributed by atoms with van der Waals surface area (Å²) in [7, 11) is 1.32. The summed E-state index contributed by atoms with van der Waals surface area (Å²) in [4.78, 5) is 25.5. The number of phosphoric acid groups is 1. The average molecular weight is 956 g/mol. The van der Waals surface area contributed by atoms with Crippen LogP contribution >= 0.6 is 7.82 Å². The summed E-state index contributed by atoms with van der Waals surface area (Å²) in [6.07, 6.45) is 59.7. The number of carbonyl (C=O) groups excluding carboxylic acids is 1. The number of hydrogen-bond acceptors (Lipinski definition) is 6. The molecule has 0 aliphatic carbocycles. The minimum atomic E-state index is -4.56. The van der Waals surface area contributed by atoms with E-state index in [9.17, 15) is 19.4 Å². The highest BCUT2D eigenvalue weighted by Gasteiger charge is 2.24. The van der Waals surface area contributed by atoms with Gasteiger partial charge in [0.05, 0.1) is 39.9 Å². The molecule has 8 nitrogen and oxygen atoms in total. The van der Waals surface area contributed by atoms with Gasteiger partial charge < -0.3 is 28.8 Å². The molecule has 1 amide bonds. The molecule has 0 spiro atoms. The van der Waals surface area contributed by atoms with Crippen LogP contribution in [0.4, 0.5) is 0 Å². The molecule has 9 heteroatoms. The zero-order valence-corrected chi connectivity index (χ0v) is 45.8. The van der Waals surface area contributed by atoms with Crippen molar-refractivity contribution in [3.63, 3.8) is 0 Å². The van der Waals surface area contributed by atoms with Crippen LogP contribution < -0.4 is 10.2 Å². The topological polar surface area (TPSA) is 108 Å². The number of quaternary nitrogens is 1. The highest BCUT2D eigenvalue weighted by Crippen LogP contribution is 2.38. The lowest BCUT2D eigenvalue weighted by Gasteiger charge is -2.30. The second kappa shape index (κ2) is 49.2. The Bertz CT molecular complexity index is 1080. The van der Waals surface area contributed by atoms with Gasteiger partial charge in [0, 0.05) is 6.42 Å². The predicted molar refractivity (Wildman–Crippen MR) is 284 cm³/mol. The first-order valence-electron chi connectivity index (χ1n) is 29.0. The van der Waals surface area contributed by atoms with E-state index in [2.05, 4.69) is 31.3 Å². The molecule has 394 valence electrons. The van der Waals surface area contributed by atoms with E-state index in [1.807, 2.05) is 21.1 Å². The number of aliphatic hydroxyl groups is 1. The van der Waals surface area contributed by atoms with Crippen molar-refractivity contribution in [3.8, 4) is 0 Å². The molecule has 0 aliphatic heterocycles. The van der Waals surface area contributed by atoms with Gasteiger partial charge in [0.2, 0.25) is 5.91 Å². The number of nitrogens with zero attached hydrogens (tertiary/aromatic N) is 1. The zero-order chi connectivity index (χ0) is 48.5. The fraction of sp³-hybridized carbons (Fsp3) is 0.947. The number of likely N-dealkylation sites (N-methyl/N-ethyl adjacent to an activating group) is 1.